The molecule has 0 bridgehead atoms. The number of hydrogen-bond acceptors (Lipinski definition) is 2. The maximum atomic E-state index is 5.95. The van der Waals surface area contributed by atoms with Crippen molar-refractivity contribution in [1.29, 1.82) is 0 Å². The van der Waals surface area contributed by atoms with Crippen LogP contribution in [0.3, 0.4) is 0 Å². The molecule has 0 radical (unpaired) electrons. The van der Waals surface area contributed by atoms with Crippen LogP contribution in [-0.2, 0) is 0 Å². The highest BCUT2D eigenvalue weighted by Crippen LogP contribution is 2.33. The zero-order valence-electron chi connectivity index (χ0n) is 8.79. The van der Waals surface area contributed by atoms with Crippen molar-refractivity contribution >= 4 is 5.69 Å². The summed E-state index contributed by atoms with van der Waals surface area (Å²) in [6.07, 6.45) is 7.25. The molecule has 0 saturated carbocycles. The van der Waals surface area contributed by atoms with E-state index in [4.69, 9.17) is 16.9 Å². The van der Waals surface area contributed by atoms with E-state index in [2.05, 4.69) is 20.0 Å². The number of aryl methyl sites for hydroxylation is 1. The topological polar surface area (TPSA) is 35.2 Å². The molecule has 74 valence electrons. The first-order valence-electron chi connectivity index (χ1n) is 4.59. The van der Waals surface area contributed by atoms with Gasteiger partial charge in [-0.05, 0) is 24.0 Å². The van der Waals surface area contributed by atoms with Crippen molar-refractivity contribution in [2.75, 3.05) is 5.73 Å². The molecule has 0 spiro atoms. The zero-order valence-corrected chi connectivity index (χ0v) is 8.79. The molecule has 0 aliphatic carbocycles. The van der Waals surface area contributed by atoms with E-state index >= 15 is 0 Å². The molecule has 0 aliphatic rings. The molecule has 2 N–H and O–H groups in total. The molecule has 0 fully saturated rings. The standard InChI is InChI=1S/C12H15NO/c1-5-14-12-9(4)6-7-10(8(2)3)11(12)13/h1,6-8H,13H2,2-4H3. The number of benzene rings is 1. The Morgan fingerprint density at radius 1 is 1.43 bits per heavy atom. The molecule has 0 amide bonds. The van der Waals surface area contributed by atoms with Gasteiger partial charge >= 0.3 is 0 Å². The van der Waals surface area contributed by atoms with Crippen LogP contribution >= 0.6 is 0 Å². The number of hydrogen-bond donors (Lipinski definition) is 1. The van der Waals surface area contributed by atoms with Crippen molar-refractivity contribution in [3.8, 4) is 18.3 Å². The second-order valence-corrected chi connectivity index (χ2v) is 3.59. The number of terminal acetylenes is 1. The first-order chi connectivity index (χ1) is 6.57. The average molecular weight is 189 g/mol. The van der Waals surface area contributed by atoms with Gasteiger partial charge in [0.2, 0.25) is 0 Å². The molecule has 1 aromatic carbocycles. The lowest BCUT2D eigenvalue weighted by Crippen LogP contribution is -2.01. The fourth-order valence-electron chi connectivity index (χ4n) is 1.42. The third kappa shape index (κ3) is 1.82. The summed E-state index contributed by atoms with van der Waals surface area (Å²) in [7, 11) is 0. The Bertz CT molecular complexity index is 375. The molecule has 0 unspecified atom stereocenters. The van der Waals surface area contributed by atoms with Crippen molar-refractivity contribution < 1.29 is 4.74 Å². The summed E-state index contributed by atoms with van der Waals surface area (Å²) in [4.78, 5) is 0. The molecule has 0 heterocycles. The summed E-state index contributed by atoms with van der Waals surface area (Å²) >= 11 is 0. The quantitative estimate of drug-likeness (QED) is 0.573. The van der Waals surface area contributed by atoms with Crippen LogP contribution in [0.15, 0.2) is 12.1 Å². The third-order valence-corrected chi connectivity index (χ3v) is 2.21. The van der Waals surface area contributed by atoms with Gasteiger partial charge in [0.1, 0.15) is 6.11 Å². The molecule has 14 heavy (non-hydrogen) atoms. The summed E-state index contributed by atoms with van der Waals surface area (Å²) in [5.74, 6) is 0.981. The van der Waals surface area contributed by atoms with Crippen LogP contribution in [-0.4, -0.2) is 0 Å². The van der Waals surface area contributed by atoms with E-state index in [9.17, 15) is 0 Å². The summed E-state index contributed by atoms with van der Waals surface area (Å²) in [6.45, 7) is 6.09. The number of anilines is 1. The molecule has 1 rings (SSSR count). The monoisotopic (exact) mass is 189 g/mol. The van der Waals surface area contributed by atoms with E-state index in [-0.39, 0.29) is 0 Å². The van der Waals surface area contributed by atoms with Crippen molar-refractivity contribution in [3.05, 3.63) is 23.3 Å². The van der Waals surface area contributed by atoms with Crippen molar-refractivity contribution in [1.82, 2.24) is 0 Å². The van der Waals surface area contributed by atoms with Crippen molar-refractivity contribution in [2.24, 2.45) is 0 Å². The maximum absolute atomic E-state index is 5.95. The normalized spacial score (nSPS) is 9.93. The molecule has 2 nitrogen and oxygen atoms in total. The van der Waals surface area contributed by atoms with E-state index in [0.717, 1.165) is 11.1 Å². The lowest BCUT2D eigenvalue weighted by Gasteiger charge is -2.13. The Labute approximate surface area is 85.1 Å². The van der Waals surface area contributed by atoms with Crippen LogP contribution in [0.4, 0.5) is 5.69 Å². The zero-order chi connectivity index (χ0) is 10.7. The van der Waals surface area contributed by atoms with Crippen LogP contribution in [0.1, 0.15) is 30.9 Å². The van der Waals surface area contributed by atoms with Crippen LogP contribution in [0.5, 0.6) is 5.75 Å². The molecular formula is C12H15NO. The van der Waals surface area contributed by atoms with Gasteiger partial charge in [-0.1, -0.05) is 32.4 Å². The highest BCUT2D eigenvalue weighted by molar-refractivity contribution is 5.63. The van der Waals surface area contributed by atoms with Gasteiger partial charge in [0, 0.05) is 0 Å². The molecule has 0 aliphatic heterocycles. The minimum absolute atomic E-state index is 0.371. The summed E-state index contributed by atoms with van der Waals surface area (Å²) < 4.78 is 5.06. The Balaban J connectivity index is 3.27. The van der Waals surface area contributed by atoms with Crippen LogP contribution in [0.25, 0.3) is 0 Å². The minimum atomic E-state index is 0.371. The third-order valence-electron chi connectivity index (χ3n) is 2.21. The van der Waals surface area contributed by atoms with Crippen LogP contribution < -0.4 is 10.5 Å². The van der Waals surface area contributed by atoms with Crippen molar-refractivity contribution in [2.45, 2.75) is 26.7 Å². The number of nitrogen functional groups attached to an aromatic ring is 1. The first kappa shape index (κ1) is 10.5. The van der Waals surface area contributed by atoms with E-state index < -0.39 is 0 Å². The Morgan fingerprint density at radius 3 is 2.57 bits per heavy atom. The van der Waals surface area contributed by atoms with Gasteiger partial charge in [-0.15, -0.1) is 0 Å². The summed E-state index contributed by atoms with van der Waals surface area (Å²) in [5.41, 5.74) is 8.63. The largest absolute Gasteiger partial charge is 0.405 e. The first-order valence-corrected chi connectivity index (χ1v) is 4.59. The van der Waals surface area contributed by atoms with E-state index in [1.165, 1.54) is 0 Å². The van der Waals surface area contributed by atoms with Gasteiger partial charge in [0.15, 0.2) is 5.75 Å². The highest BCUT2D eigenvalue weighted by Gasteiger charge is 2.11. The molecule has 0 aromatic heterocycles. The van der Waals surface area contributed by atoms with E-state index in [1.807, 2.05) is 19.1 Å². The Morgan fingerprint density at radius 2 is 2.07 bits per heavy atom. The molecule has 1 aromatic rings. The Kier molecular flexibility index (Phi) is 3.03. The average Bonchev–Trinajstić information content (AvgIpc) is 2.11. The van der Waals surface area contributed by atoms with Crippen molar-refractivity contribution in [3.63, 3.8) is 0 Å². The smallest absolute Gasteiger partial charge is 0.166 e. The minimum Gasteiger partial charge on any atom is -0.405 e. The SMILES string of the molecule is C#COc1c(C)ccc(C(C)C)c1N. The second-order valence-electron chi connectivity index (χ2n) is 3.59. The van der Waals surface area contributed by atoms with Gasteiger partial charge < -0.3 is 10.5 Å². The molecular weight excluding hydrogens is 174 g/mol. The maximum Gasteiger partial charge on any atom is 0.166 e. The van der Waals surface area contributed by atoms with Crippen LogP contribution in [0, 0.1) is 19.5 Å². The van der Waals surface area contributed by atoms with Gasteiger partial charge in [-0.2, -0.15) is 0 Å². The fourth-order valence-corrected chi connectivity index (χ4v) is 1.42. The fraction of sp³-hybridized carbons (Fsp3) is 0.333. The van der Waals surface area contributed by atoms with E-state index in [0.29, 0.717) is 17.4 Å². The predicted molar refractivity (Wildman–Crippen MR) is 59.1 cm³/mol. The second kappa shape index (κ2) is 4.06. The van der Waals surface area contributed by atoms with E-state index in [1.54, 1.807) is 0 Å². The number of nitrogens with two attached hydrogens (primary N) is 1. The number of ether oxygens (including phenoxy) is 1. The molecule has 0 atom stereocenters. The lowest BCUT2D eigenvalue weighted by atomic mass is 9.99. The van der Waals surface area contributed by atoms with Crippen LogP contribution in [0.2, 0.25) is 0 Å². The van der Waals surface area contributed by atoms with Gasteiger partial charge in [-0.3, -0.25) is 0 Å². The predicted octanol–water partition coefficient (Wildman–Crippen LogP) is 2.67. The summed E-state index contributed by atoms with van der Waals surface area (Å²) in [5, 5.41) is 0. The van der Waals surface area contributed by atoms with Gasteiger partial charge in [0.05, 0.1) is 5.69 Å². The Hall–Kier alpha value is -1.62. The number of rotatable bonds is 2. The lowest BCUT2D eigenvalue weighted by molar-refractivity contribution is 0.518. The van der Waals surface area contributed by atoms with Gasteiger partial charge in [-0.25, -0.2) is 0 Å². The van der Waals surface area contributed by atoms with Gasteiger partial charge in [0.25, 0.3) is 0 Å². The molecule has 2 heteroatoms. The highest BCUT2D eigenvalue weighted by atomic mass is 16.5. The molecule has 0 saturated heterocycles. The summed E-state index contributed by atoms with van der Waals surface area (Å²) in [6, 6.07) is 3.98.